The number of carbonyl (C=O) groups excluding carboxylic acids is 1. The Morgan fingerprint density at radius 3 is 2.67 bits per heavy atom. The fourth-order valence-electron chi connectivity index (χ4n) is 2.07. The summed E-state index contributed by atoms with van der Waals surface area (Å²) in [4.78, 5) is 11.5. The first-order valence-corrected chi connectivity index (χ1v) is 5.92. The molecule has 1 aromatic rings. The Morgan fingerprint density at radius 1 is 1.50 bits per heavy atom. The number of esters is 1. The molecule has 102 valence electrons. The predicted molar refractivity (Wildman–Crippen MR) is 67.5 cm³/mol. The Bertz CT molecular complexity index is 415. The minimum atomic E-state index is -0.258. The molecule has 1 aromatic heterocycles. The van der Waals surface area contributed by atoms with Crippen molar-refractivity contribution in [2.24, 2.45) is 7.05 Å². The Balaban J connectivity index is 3.08. The summed E-state index contributed by atoms with van der Waals surface area (Å²) in [6, 6.07) is -0.147. The van der Waals surface area contributed by atoms with E-state index in [0.29, 0.717) is 5.88 Å². The number of carbonyl (C=O) groups is 1. The van der Waals surface area contributed by atoms with E-state index in [1.54, 1.807) is 11.8 Å². The molecule has 0 aromatic carbocycles. The summed E-state index contributed by atoms with van der Waals surface area (Å²) in [6.45, 7) is 4.64. The van der Waals surface area contributed by atoms with Crippen LogP contribution in [-0.2, 0) is 16.6 Å². The fourth-order valence-corrected chi connectivity index (χ4v) is 2.07. The van der Waals surface area contributed by atoms with E-state index < -0.39 is 0 Å². The number of aromatic nitrogens is 2. The zero-order chi connectivity index (χ0) is 13.7. The van der Waals surface area contributed by atoms with Crippen molar-refractivity contribution in [2.75, 3.05) is 20.8 Å². The van der Waals surface area contributed by atoms with E-state index in [9.17, 15) is 4.79 Å². The molecule has 1 N–H and O–H groups in total. The minimum absolute atomic E-state index is 0.147. The van der Waals surface area contributed by atoms with Crippen molar-refractivity contribution in [3.63, 3.8) is 0 Å². The first kappa shape index (κ1) is 14.5. The zero-order valence-corrected chi connectivity index (χ0v) is 11.6. The second-order valence-electron chi connectivity index (χ2n) is 4.02. The SMILES string of the molecule is CCNC(CC(=O)OC)c1c(C)nn(C)c1OC. The summed E-state index contributed by atoms with van der Waals surface area (Å²) in [5.74, 6) is 0.411. The van der Waals surface area contributed by atoms with Gasteiger partial charge in [-0.05, 0) is 13.5 Å². The lowest BCUT2D eigenvalue weighted by molar-refractivity contribution is -0.141. The van der Waals surface area contributed by atoms with E-state index in [4.69, 9.17) is 9.47 Å². The van der Waals surface area contributed by atoms with Crippen LogP contribution >= 0.6 is 0 Å². The van der Waals surface area contributed by atoms with Gasteiger partial charge < -0.3 is 14.8 Å². The van der Waals surface area contributed by atoms with Crippen molar-refractivity contribution < 1.29 is 14.3 Å². The van der Waals surface area contributed by atoms with Gasteiger partial charge in [0.2, 0.25) is 5.88 Å². The van der Waals surface area contributed by atoms with E-state index in [1.165, 1.54) is 7.11 Å². The first-order valence-electron chi connectivity index (χ1n) is 5.92. The Morgan fingerprint density at radius 2 is 2.17 bits per heavy atom. The van der Waals surface area contributed by atoms with Gasteiger partial charge in [-0.2, -0.15) is 5.10 Å². The smallest absolute Gasteiger partial charge is 0.307 e. The van der Waals surface area contributed by atoms with E-state index in [1.807, 2.05) is 20.9 Å². The second kappa shape index (κ2) is 6.39. The van der Waals surface area contributed by atoms with Gasteiger partial charge in [-0.25, -0.2) is 4.68 Å². The van der Waals surface area contributed by atoms with E-state index in [0.717, 1.165) is 17.8 Å². The third-order valence-corrected chi connectivity index (χ3v) is 2.80. The summed E-state index contributed by atoms with van der Waals surface area (Å²) in [5, 5.41) is 7.58. The number of aryl methyl sites for hydroxylation is 2. The third-order valence-electron chi connectivity index (χ3n) is 2.80. The molecule has 0 aliphatic carbocycles. The van der Waals surface area contributed by atoms with Gasteiger partial charge in [0, 0.05) is 13.1 Å². The number of ether oxygens (including phenoxy) is 2. The van der Waals surface area contributed by atoms with Crippen LogP contribution in [0.3, 0.4) is 0 Å². The van der Waals surface area contributed by atoms with E-state index in [2.05, 4.69) is 10.4 Å². The highest BCUT2D eigenvalue weighted by Crippen LogP contribution is 2.30. The van der Waals surface area contributed by atoms with Gasteiger partial charge in [0.15, 0.2) is 0 Å². The largest absolute Gasteiger partial charge is 0.481 e. The predicted octanol–water partition coefficient (Wildman–Crippen LogP) is 0.951. The fraction of sp³-hybridized carbons (Fsp3) is 0.667. The van der Waals surface area contributed by atoms with Crippen molar-refractivity contribution in [1.82, 2.24) is 15.1 Å². The van der Waals surface area contributed by atoms with Crippen LogP contribution < -0.4 is 10.1 Å². The molecule has 18 heavy (non-hydrogen) atoms. The maximum absolute atomic E-state index is 11.5. The minimum Gasteiger partial charge on any atom is -0.481 e. The molecule has 1 unspecified atom stereocenters. The number of nitrogens with one attached hydrogen (secondary N) is 1. The normalized spacial score (nSPS) is 12.3. The van der Waals surface area contributed by atoms with Gasteiger partial charge in [0.05, 0.1) is 31.9 Å². The Kier molecular flexibility index (Phi) is 5.15. The maximum Gasteiger partial charge on any atom is 0.307 e. The molecule has 6 heteroatoms. The quantitative estimate of drug-likeness (QED) is 0.767. The Hall–Kier alpha value is -1.56. The lowest BCUT2D eigenvalue weighted by Crippen LogP contribution is -2.25. The van der Waals surface area contributed by atoms with Crippen LogP contribution in [0.4, 0.5) is 0 Å². The van der Waals surface area contributed by atoms with Crippen LogP contribution in [0.25, 0.3) is 0 Å². The molecule has 0 aliphatic rings. The van der Waals surface area contributed by atoms with Crippen LogP contribution in [-0.4, -0.2) is 36.5 Å². The molecule has 0 aliphatic heterocycles. The van der Waals surface area contributed by atoms with Gasteiger partial charge in [0.1, 0.15) is 0 Å². The highest BCUT2D eigenvalue weighted by molar-refractivity contribution is 5.70. The summed E-state index contributed by atoms with van der Waals surface area (Å²) < 4.78 is 11.7. The number of hydrogen-bond acceptors (Lipinski definition) is 5. The average Bonchev–Trinajstić information content (AvgIpc) is 2.62. The van der Waals surface area contributed by atoms with Gasteiger partial charge in [0.25, 0.3) is 0 Å². The highest BCUT2D eigenvalue weighted by Gasteiger charge is 2.25. The molecule has 0 radical (unpaired) electrons. The zero-order valence-electron chi connectivity index (χ0n) is 11.6. The van der Waals surface area contributed by atoms with Crippen molar-refractivity contribution in [2.45, 2.75) is 26.3 Å². The lowest BCUT2D eigenvalue weighted by Gasteiger charge is -2.17. The lowest BCUT2D eigenvalue weighted by atomic mass is 10.0. The number of hydrogen-bond donors (Lipinski definition) is 1. The Labute approximate surface area is 107 Å². The first-order chi connectivity index (χ1) is 8.54. The monoisotopic (exact) mass is 255 g/mol. The van der Waals surface area contributed by atoms with Crippen molar-refractivity contribution >= 4 is 5.97 Å². The molecule has 1 atom stereocenters. The highest BCUT2D eigenvalue weighted by atomic mass is 16.5. The molecule has 1 rings (SSSR count). The molecule has 0 saturated heterocycles. The molecule has 6 nitrogen and oxygen atoms in total. The van der Waals surface area contributed by atoms with Gasteiger partial charge in [-0.1, -0.05) is 6.92 Å². The van der Waals surface area contributed by atoms with E-state index >= 15 is 0 Å². The van der Waals surface area contributed by atoms with Crippen LogP contribution in [0.1, 0.15) is 30.6 Å². The summed E-state index contributed by atoms with van der Waals surface area (Å²) >= 11 is 0. The third kappa shape index (κ3) is 3.01. The number of nitrogens with zero attached hydrogens (tertiary/aromatic N) is 2. The number of methoxy groups -OCH3 is 2. The molecular weight excluding hydrogens is 234 g/mol. The molecule has 0 bridgehead atoms. The van der Waals surface area contributed by atoms with Crippen LogP contribution in [0.15, 0.2) is 0 Å². The van der Waals surface area contributed by atoms with Gasteiger partial charge in [-0.3, -0.25) is 4.79 Å². The van der Waals surface area contributed by atoms with Crippen molar-refractivity contribution in [3.05, 3.63) is 11.3 Å². The topological polar surface area (TPSA) is 65.4 Å². The standard InChI is InChI=1S/C12H21N3O3/c1-6-13-9(7-10(16)17-4)11-8(2)14-15(3)12(11)18-5/h9,13H,6-7H2,1-5H3. The molecule has 0 fully saturated rings. The molecule has 1 heterocycles. The van der Waals surface area contributed by atoms with Gasteiger partial charge >= 0.3 is 5.97 Å². The molecule has 0 spiro atoms. The molecular formula is C12H21N3O3. The van der Waals surface area contributed by atoms with E-state index in [-0.39, 0.29) is 18.4 Å². The van der Waals surface area contributed by atoms with Gasteiger partial charge in [-0.15, -0.1) is 0 Å². The summed E-state index contributed by atoms with van der Waals surface area (Å²) in [7, 11) is 4.80. The van der Waals surface area contributed by atoms with Crippen LogP contribution in [0.2, 0.25) is 0 Å². The maximum atomic E-state index is 11.5. The second-order valence-corrected chi connectivity index (χ2v) is 4.02. The van der Waals surface area contributed by atoms with Crippen molar-refractivity contribution in [3.8, 4) is 5.88 Å². The average molecular weight is 255 g/mol. The van der Waals surface area contributed by atoms with Crippen LogP contribution in [0, 0.1) is 6.92 Å². The van der Waals surface area contributed by atoms with Crippen molar-refractivity contribution in [1.29, 1.82) is 0 Å². The molecule has 0 amide bonds. The number of rotatable bonds is 6. The molecule has 0 saturated carbocycles. The summed E-state index contributed by atoms with van der Waals surface area (Å²) in [5.41, 5.74) is 1.76. The van der Waals surface area contributed by atoms with Crippen LogP contribution in [0.5, 0.6) is 5.88 Å². The summed E-state index contributed by atoms with van der Waals surface area (Å²) in [6.07, 6.45) is 0.257.